The predicted molar refractivity (Wildman–Crippen MR) is 105 cm³/mol. The van der Waals surface area contributed by atoms with E-state index in [0.717, 1.165) is 12.8 Å². The van der Waals surface area contributed by atoms with Crippen LogP contribution in [0.2, 0.25) is 0 Å². The molecule has 0 aliphatic carbocycles. The molecule has 1 saturated heterocycles. The number of aryl methyl sites for hydroxylation is 1. The molecule has 29 heavy (non-hydrogen) atoms. The van der Waals surface area contributed by atoms with E-state index < -0.39 is 5.82 Å². The Balaban J connectivity index is 1.63. The SMILES string of the molecule is C=CC(=O)N1CCC[C@@H](Nc2nc(Nc3cnn(C)c3)c3c(c2F)CNC3=O)C1. The van der Waals surface area contributed by atoms with Crippen molar-refractivity contribution in [3.63, 3.8) is 0 Å². The molecule has 0 aromatic carbocycles. The molecule has 2 aliphatic rings. The molecule has 0 saturated carbocycles. The van der Waals surface area contributed by atoms with E-state index >= 15 is 4.39 Å². The van der Waals surface area contributed by atoms with Gasteiger partial charge in [-0.25, -0.2) is 9.37 Å². The number of fused-ring (bicyclic) bond motifs is 1. The zero-order valence-corrected chi connectivity index (χ0v) is 16.0. The number of likely N-dealkylation sites (tertiary alicyclic amines) is 1. The van der Waals surface area contributed by atoms with Gasteiger partial charge in [-0.1, -0.05) is 6.58 Å². The van der Waals surface area contributed by atoms with Crippen molar-refractivity contribution in [3.05, 3.63) is 42.0 Å². The number of halogens is 1. The maximum Gasteiger partial charge on any atom is 0.255 e. The van der Waals surface area contributed by atoms with Crippen molar-refractivity contribution in [1.29, 1.82) is 0 Å². The average molecular weight is 399 g/mol. The molecule has 4 heterocycles. The number of amides is 2. The molecule has 1 fully saturated rings. The van der Waals surface area contributed by atoms with Crippen LogP contribution in [0.15, 0.2) is 25.0 Å². The Morgan fingerprint density at radius 3 is 3.00 bits per heavy atom. The summed E-state index contributed by atoms with van der Waals surface area (Å²) in [5, 5.41) is 12.9. The summed E-state index contributed by atoms with van der Waals surface area (Å²) in [6.07, 6.45) is 6.19. The smallest absolute Gasteiger partial charge is 0.255 e. The molecule has 2 amide bonds. The summed E-state index contributed by atoms with van der Waals surface area (Å²) in [5.41, 5.74) is 1.11. The Kier molecular flexibility index (Phi) is 4.91. The highest BCUT2D eigenvalue weighted by atomic mass is 19.1. The zero-order valence-electron chi connectivity index (χ0n) is 16.0. The van der Waals surface area contributed by atoms with Crippen LogP contribution >= 0.6 is 0 Å². The summed E-state index contributed by atoms with van der Waals surface area (Å²) >= 11 is 0. The van der Waals surface area contributed by atoms with Gasteiger partial charge in [0.05, 0.1) is 17.4 Å². The lowest BCUT2D eigenvalue weighted by molar-refractivity contribution is -0.127. The molecule has 2 aromatic heterocycles. The van der Waals surface area contributed by atoms with Gasteiger partial charge in [-0.15, -0.1) is 0 Å². The van der Waals surface area contributed by atoms with Crippen LogP contribution in [0.3, 0.4) is 0 Å². The summed E-state index contributed by atoms with van der Waals surface area (Å²) in [7, 11) is 1.77. The van der Waals surface area contributed by atoms with Crippen molar-refractivity contribution >= 4 is 29.1 Å². The molecule has 2 aliphatic heterocycles. The van der Waals surface area contributed by atoms with Crippen molar-refractivity contribution in [3.8, 4) is 0 Å². The zero-order chi connectivity index (χ0) is 20.5. The number of piperidine rings is 1. The fourth-order valence-corrected chi connectivity index (χ4v) is 3.71. The second-order valence-corrected chi connectivity index (χ2v) is 7.16. The lowest BCUT2D eigenvalue weighted by atomic mass is 10.0. The first-order valence-electron chi connectivity index (χ1n) is 9.40. The lowest BCUT2D eigenvalue weighted by Gasteiger charge is -2.33. The van der Waals surface area contributed by atoms with E-state index in [1.807, 2.05) is 0 Å². The first-order chi connectivity index (χ1) is 14.0. The molecule has 0 radical (unpaired) electrons. The van der Waals surface area contributed by atoms with E-state index in [4.69, 9.17) is 0 Å². The number of hydrogen-bond donors (Lipinski definition) is 3. The largest absolute Gasteiger partial charge is 0.363 e. The monoisotopic (exact) mass is 399 g/mol. The molecule has 0 spiro atoms. The topological polar surface area (TPSA) is 104 Å². The quantitative estimate of drug-likeness (QED) is 0.659. The number of carbonyl (C=O) groups is 2. The van der Waals surface area contributed by atoms with Crippen LogP contribution in [0.4, 0.5) is 21.7 Å². The molecule has 4 rings (SSSR count). The first kappa shape index (κ1) is 18.9. The maximum absolute atomic E-state index is 15.1. The van der Waals surface area contributed by atoms with Gasteiger partial charge in [-0.05, 0) is 18.9 Å². The third-order valence-electron chi connectivity index (χ3n) is 5.10. The summed E-state index contributed by atoms with van der Waals surface area (Å²) in [4.78, 5) is 30.2. The Labute approximate surface area is 167 Å². The summed E-state index contributed by atoms with van der Waals surface area (Å²) in [5.74, 6) is -0.745. The van der Waals surface area contributed by atoms with Crippen LogP contribution < -0.4 is 16.0 Å². The fraction of sp³-hybridized carbons (Fsp3) is 0.368. The molecule has 9 nitrogen and oxygen atoms in total. The Bertz CT molecular complexity index is 987. The first-order valence-corrected chi connectivity index (χ1v) is 9.40. The summed E-state index contributed by atoms with van der Waals surface area (Å²) < 4.78 is 16.7. The molecule has 3 N–H and O–H groups in total. The minimum Gasteiger partial charge on any atom is -0.363 e. The average Bonchev–Trinajstić information content (AvgIpc) is 3.30. The minimum atomic E-state index is -0.553. The van der Waals surface area contributed by atoms with Gasteiger partial charge in [0.15, 0.2) is 11.6 Å². The number of carbonyl (C=O) groups excluding carboxylic acids is 2. The molecular formula is C19H22FN7O2. The second kappa shape index (κ2) is 7.53. The number of hydrogen-bond acceptors (Lipinski definition) is 6. The third kappa shape index (κ3) is 3.65. The summed E-state index contributed by atoms with van der Waals surface area (Å²) in [6, 6.07) is -0.149. The fourth-order valence-electron chi connectivity index (χ4n) is 3.71. The van der Waals surface area contributed by atoms with E-state index in [0.29, 0.717) is 18.8 Å². The molecular weight excluding hydrogens is 377 g/mol. The van der Waals surface area contributed by atoms with Gasteiger partial charge in [-0.3, -0.25) is 14.3 Å². The van der Waals surface area contributed by atoms with Gasteiger partial charge in [0, 0.05) is 44.5 Å². The van der Waals surface area contributed by atoms with Gasteiger partial charge in [0.2, 0.25) is 5.91 Å². The van der Waals surface area contributed by atoms with E-state index in [1.54, 1.807) is 29.0 Å². The molecule has 1 atom stereocenters. The highest BCUT2D eigenvalue weighted by molar-refractivity contribution is 6.03. The van der Waals surface area contributed by atoms with Crippen LogP contribution in [0.1, 0.15) is 28.8 Å². The minimum absolute atomic E-state index is 0.0598. The second-order valence-electron chi connectivity index (χ2n) is 7.16. The van der Waals surface area contributed by atoms with Gasteiger partial charge in [0.25, 0.3) is 5.91 Å². The molecule has 10 heteroatoms. The van der Waals surface area contributed by atoms with E-state index in [-0.39, 0.29) is 47.2 Å². The molecule has 0 bridgehead atoms. The Morgan fingerprint density at radius 1 is 1.45 bits per heavy atom. The van der Waals surface area contributed by atoms with Gasteiger partial charge < -0.3 is 20.9 Å². The standard InChI is InChI=1S/C19H22FN7O2/c1-3-14(28)27-6-4-5-11(10-27)23-18-16(20)13-8-21-19(29)15(13)17(25-18)24-12-7-22-26(2)9-12/h3,7,9,11H,1,4-6,8,10H2,2H3,(H,21,29)(H2,23,24,25)/t11-/m1/s1. The normalized spacial score (nSPS) is 18.2. The van der Waals surface area contributed by atoms with Crippen molar-refractivity contribution < 1.29 is 14.0 Å². The number of rotatable bonds is 5. The number of anilines is 3. The van der Waals surface area contributed by atoms with Crippen LogP contribution in [-0.2, 0) is 18.4 Å². The number of pyridine rings is 1. The van der Waals surface area contributed by atoms with E-state index in [1.165, 1.54) is 6.08 Å². The van der Waals surface area contributed by atoms with Crippen LogP contribution in [0.25, 0.3) is 0 Å². The van der Waals surface area contributed by atoms with Crippen LogP contribution in [-0.4, -0.2) is 50.6 Å². The third-order valence-corrected chi connectivity index (χ3v) is 5.10. The van der Waals surface area contributed by atoms with Gasteiger partial charge in [-0.2, -0.15) is 5.10 Å². The summed E-state index contributed by atoms with van der Waals surface area (Å²) in [6.45, 7) is 4.71. The Morgan fingerprint density at radius 2 is 2.28 bits per heavy atom. The van der Waals surface area contributed by atoms with Crippen molar-refractivity contribution in [1.82, 2.24) is 25.0 Å². The van der Waals surface area contributed by atoms with Crippen molar-refractivity contribution in [2.75, 3.05) is 23.7 Å². The lowest BCUT2D eigenvalue weighted by Crippen LogP contribution is -2.44. The van der Waals surface area contributed by atoms with Gasteiger partial charge >= 0.3 is 0 Å². The predicted octanol–water partition coefficient (Wildman–Crippen LogP) is 1.53. The number of nitrogens with zero attached hydrogens (tertiary/aromatic N) is 4. The maximum atomic E-state index is 15.1. The van der Waals surface area contributed by atoms with Gasteiger partial charge in [0.1, 0.15) is 5.82 Å². The highest BCUT2D eigenvalue weighted by Gasteiger charge is 2.31. The molecule has 0 unspecified atom stereocenters. The van der Waals surface area contributed by atoms with Crippen LogP contribution in [0.5, 0.6) is 0 Å². The Hall–Kier alpha value is -3.43. The number of nitrogens with one attached hydrogen (secondary N) is 3. The molecule has 2 aromatic rings. The highest BCUT2D eigenvalue weighted by Crippen LogP contribution is 2.32. The van der Waals surface area contributed by atoms with Crippen LogP contribution in [0, 0.1) is 5.82 Å². The molecule has 152 valence electrons. The number of aromatic nitrogens is 3. The van der Waals surface area contributed by atoms with E-state index in [9.17, 15) is 9.59 Å². The van der Waals surface area contributed by atoms with Crippen molar-refractivity contribution in [2.24, 2.45) is 7.05 Å². The van der Waals surface area contributed by atoms with Crippen molar-refractivity contribution in [2.45, 2.75) is 25.4 Å². The van der Waals surface area contributed by atoms with E-state index in [2.05, 4.69) is 32.6 Å².